The number of carbonyl (C=O) groups excluding carboxylic acids is 1. The number of hydrogen-bond donors (Lipinski definition) is 2. The zero-order chi connectivity index (χ0) is 28.5. The van der Waals surface area contributed by atoms with Crippen LogP contribution in [-0.2, 0) is 4.79 Å². The van der Waals surface area contributed by atoms with Crippen molar-refractivity contribution in [2.75, 3.05) is 12.5 Å². The van der Waals surface area contributed by atoms with Gasteiger partial charge in [-0.3, -0.25) is 9.18 Å². The number of anilines is 1. The molecule has 1 atom stereocenters. The quantitative estimate of drug-likeness (QED) is 0.290. The number of carboxylic acids is 1. The fourth-order valence-electron chi connectivity index (χ4n) is 4.07. The molecule has 0 saturated heterocycles. The largest absolute Gasteiger partial charge is 0.478 e. The van der Waals surface area contributed by atoms with Gasteiger partial charge in [-0.05, 0) is 49.7 Å². The molecule has 9 nitrogen and oxygen atoms in total. The maximum absolute atomic E-state index is 13.1. The van der Waals surface area contributed by atoms with Crippen LogP contribution in [0.25, 0.3) is 28.1 Å². The summed E-state index contributed by atoms with van der Waals surface area (Å²) in [5.74, 6) is 0.00849. The molecule has 2 N–H and O–H groups in total. The summed E-state index contributed by atoms with van der Waals surface area (Å²) in [6.07, 6.45) is 5.06. The highest BCUT2D eigenvalue weighted by molar-refractivity contribution is 5.94. The molecule has 0 aliphatic rings. The average molecular weight is 531 g/mol. The van der Waals surface area contributed by atoms with E-state index in [2.05, 4.69) is 15.4 Å². The summed E-state index contributed by atoms with van der Waals surface area (Å²) in [6.45, 7) is 5.81. The maximum atomic E-state index is 13.1. The molecule has 200 valence electrons. The molecule has 0 radical (unpaired) electrons. The molecule has 0 bridgehead atoms. The number of carbonyl (C=O) groups is 2. The Morgan fingerprint density at radius 1 is 1.10 bits per heavy atom. The van der Waals surface area contributed by atoms with E-state index in [0.29, 0.717) is 41.0 Å². The highest BCUT2D eigenvalue weighted by atomic mass is 19.1. The smallest absolute Gasteiger partial charge is 0.337 e. The van der Waals surface area contributed by atoms with E-state index in [1.165, 1.54) is 6.07 Å². The van der Waals surface area contributed by atoms with Gasteiger partial charge < -0.3 is 19.6 Å². The summed E-state index contributed by atoms with van der Waals surface area (Å²) in [6, 6.07) is 17.1. The number of aryl methyl sites for hydroxylation is 1. The van der Waals surface area contributed by atoms with Crippen LogP contribution in [0.3, 0.4) is 0 Å². The molecular weight excluding hydrogens is 503 g/mol. The molecule has 0 aliphatic carbocycles. The monoisotopic (exact) mass is 530 g/mol. The molecule has 0 aliphatic heterocycles. The number of nitrogens with zero attached hydrogens (tertiary/aromatic N) is 3. The van der Waals surface area contributed by atoms with E-state index in [9.17, 15) is 19.1 Å². The van der Waals surface area contributed by atoms with Crippen molar-refractivity contribution in [3.63, 3.8) is 0 Å². The molecular formula is C29H27FN4O5. The minimum Gasteiger partial charge on any atom is -0.478 e. The second kappa shape index (κ2) is 12.9. The lowest BCUT2D eigenvalue weighted by Gasteiger charge is -2.19. The van der Waals surface area contributed by atoms with Crippen molar-refractivity contribution in [2.45, 2.75) is 19.9 Å². The van der Waals surface area contributed by atoms with Crippen LogP contribution in [0.2, 0.25) is 0 Å². The number of rotatable bonds is 6. The van der Waals surface area contributed by atoms with Gasteiger partial charge >= 0.3 is 5.97 Å². The third kappa shape index (κ3) is 6.24. The fourth-order valence-corrected chi connectivity index (χ4v) is 4.07. The van der Waals surface area contributed by atoms with Gasteiger partial charge in [-0.1, -0.05) is 24.3 Å². The first-order valence-corrected chi connectivity index (χ1v) is 11.7. The Labute approximate surface area is 223 Å². The van der Waals surface area contributed by atoms with Crippen LogP contribution in [0, 0.1) is 6.92 Å². The summed E-state index contributed by atoms with van der Waals surface area (Å²) < 4.78 is 17.4. The lowest BCUT2D eigenvalue weighted by atomic mass is 10.0. The third-order valence-electron chi connectivity index (χ3n) is 5.75. The average Bonchev–Trinajstić information content (AvgIpc) is 3.46. The molecule has 5 rings (SSSR count). The summed E-state index contributed by atoms with van der Waals surface area (Å²) in [5.41, 5.74) is 3.20. The van der Waals surface area contributed by atoms with Gasteiger partial charge in [0, 0.05) is 29.7 Å². The number of benzene rings is 2. The number of carboxylic acid groups (broad SMARTS) is 1. The number of pyridine rings is 1. The van der Waals surface area contributed by atoms with E-state index in [4.69, 9.17) is 9.21 Å². The van der Waals surface area contributed by atoms with E-state index < -0.39 is 5.97 Å². The number of nitrogens with one attached hydrogen (secondary N) is 1. The number of halogens is 1. The summed E-state index contributed by atoms with van der Waals surface area (Å²) in [5, 5.41) is 17.6. The lowest BCUT2D eigenvalue weighted by molar-refractivity contribution is -0.0980. The number of hydrogen-bond acceptors (Lipinski definition) is 7. The summed E-state index contributed by atoms with van der Waals surface area (Å²) in [7, 11) is 0.500. The molecule has 1 unspecified atom stereocenters. The number of aromatic nitrogens is 3. The van der Waals surface area contributed by atoms with Gasteiger partial charge in [-0.2, -0.15) is 5.10 Å². The normalized spacial score (nSPS) is 11.0. The number of alkyl halides is 1. The molecule has 39 heavy (non-hydrogen) atoms. The van der Waals surface area contributed by atoms with Crippen molar-refractivity contribution < 1.29 is 23.5 Å². The maximum Gasteiger partial charge on any atom is 0.337 e. The fraction of sp³-hybridized carbons (Fsp3) is 0.138. The van der Waals surface area contributed by atoms with Gasteiger partial charge in [0.25, 0.3) is 0 Å². The standard InChI is InChI=1S/C27H22N4O4.CH3F.CH2O/c1-16-11-20(17(2)30-22-8-4-3-7-19(22)27(33)34)26-21(12-16)23(32)13-24(35-26)18-14-29-31(15-18)25-9-5-6-10-28-25;2*1-2/h3-15,17,30H,1-2H3,(H,33,34);1H3;1H2. The van der Waals surface area contributed by atoms with E-state index in [-0.39, 0.29) is 17.0 Å². The first kappa shape index (κ1) is 28.5. The van der Waals surface area contributed by atoms with Crippen molar-refractivity contribution in [1.29, 1.82) is 0 Å². The van der Waals surface area contributed by atoms with Crippen LogP contribution in [-0.4, -0.2) is 39.8 Å². The number of para-hydroxylation sites is 1. The van der Waals surface area contributed by atoms with Gasteiger partial charge in [-0.25, -0.2) is 14.5 Å². The van der Waals surface area contributed by atoms with Crippen LogP contribution >= 0.6 is 0 Å². The van der Waals surface area contributed by atoms with Crippen LogP contribution in [0.15, 0.2) is 88.5 Å². The van der Waals surface area contributed by atoms with Crippen LogP contribution in [0.5, 0.6) is 0 Å². The SMILES string of the molecule is C=O.CF.Cc1cc(C(C)Nc2ccccc2C(=O)O)c2oc(-c3cnn(-c4ccccn4)c3)cc(=O)c2c1. The van der Waals surface area contributed by atoms with Gasteiger partial charge in [0.05, 0.1) is 35.9 Å². The molecule has 0 spiro atoms. The molecule has 0 amide bonds. The lowest BCUT2D eigenvalue weighted by Crippen LogP contribution is -2.12. The third-order valence-corrected chi connectivity index (χ3v) is 5.75. The minimum absolute atomic E-state index is 0.167. The first-order chi connectivity index (χ1) is 18.9. The van der Waals surface area contributed by atoms with Crippen molar-refractivity contribution in [2.24, 2.45) is 0 Å². The second-order valence-electron chi connectivity index (χ2n) is 8.28. The Balaban J connectivity index is 0.00000100. The highest BCUT2D eigenvalue weighted by Crippen LogP contribution is 2.31. The molecule has 10 heteroatoms. The Kier molecular flexibility index (Phi) is 9.42. The van der Waals surface area contributed by atoms with Crippen molar-refractivity contribution in [1.82, 2.24) is 14.8 Å². The molecule has 3 heterocycles. The van der Waals surface area contributed by atoms with Gasteiger partial charge in [0.1, 0.15) is 18.1 Å². The topological polar surface area (TPSA) is 127 Å². The van der Waals surface area contributed by atoms with Gasteiger partial charge in [0.15, 0.2) is 11.2 Å². The highest BCUT2D eigenvalue weighted by Gasteiger charge is 2.19. The van der Waals surface area contributed by atoms with Gasteiger partial charge in [-0.15, -0.1) is 0 Å². The zero-order valence-corrected chi connectivity index (χ0v) is 21.6. The van der Waals surface area contributed by atoms with Crippen molar-refractivity contribution >= 4 is 29.4 Å². The Hall–Kier alpha value is -5.12. The first-order valence-electron chi connectivity index (χ1n) is 11.7. The minimum atomic E-state index is -1.02. The molecule has 0 saturated carbocycles. The Morgan fingerprint density at radius 2 is 1.82 bits per heavy atom. The predicted octanol–water partition coefficient (Wildman–Crippen LogP) is 5.62. The van der Waals surface area contributed by atoms with Gasteiger partial charge in [0.2, 0.25) is 0 Å². The summed E-state index contributed by atoms with van der Waals surface area (Å²) in [4.78, 5) is 37.0. The second-order valence-corrected chi connectivity index (χ2v) is 8.28. The van der Waals surface area contributed by atoms with Crippen LogP contribution < -0.4 is 10.7 Å². The number of fused-ring (bicyclic) bond motifs is 1. The zero-order valence-electron chi connectivity index (χ0n) is 21.6. The Morgan fingerprint density at radius 3 is 2.51 bits per heavy atom. The van der Waals surface area contributed by atoms with Crippen LogP contribution in [0.4, 0.5) is 10.1 Å². The van der Waals surface area contributed by atoms with Crippen molar-refractivity contribution in [3.05, 3.63) is 106 Å². The summed E-state index contributed by atoms with van der Waals surface area (Å²) >= 11 is 0. The van der Waals surface area contributed by atoms with Crippen molar-refractivity contribution in [3.8, 4) is 17.1 Å². The van der Waals surface area contributed by atoms with E-state index in [1.54, 1.807) is 53.6 Å². The predicted molar refractivity (Wildman–Crippen MR) is 147 cm³/mol. The van der Waals surface area contributed by atoms with E-state index >= 15 is 0 Å². The Bertz CT molecular complexity index is 1630. The molecule has 2 aromatic carbocycles. The van der Waals surface area contributed by atoms with Crippen LogP contribution in [0.1, 0.15) is 34.5 Å². The molecule has 5 aromatic rings. The van der Waals surface area contributed by atoms with E-state index in [1.807, 2.05) is 44.9 Å². The number of aromatic carboxylic acids is 1. The van der Waals surface area contributed by atoms with E-state index in [0.717, 1.165) is 11.1 Å². The molecule has 0 fully saturated rings. The molecule has 3 aromatic heterocycles.